The van der Waals surface area contributed by atoms with Gasteiger partial charge in [-0.2, -0.15) is 0 Å². The Balaban J connectivity index is 1.31. The molecule has 1 aliphatic carbocycles. The van der Waals surface area contributed by atoms with E-state index in [4.69, 9.17) is 9.40 Å². The molecule has 0 bridgehead atoms. The summed E-state index contributed by atoms with van der Waals surface area (Å²) in [5, 5.41) is 2.48. The Kier molecular flexibility index (Phi) is 4.22. The van der Waals surface area contributed by atoms with Crippen LogP contribution in [0, 0.1) is 13.8 Å². The molecule has 1 saturated heterocycles. The maximum atomic E-state index is 13.1. The zero-order valence-electron chi connectivity index (χ0n) is 16.6. The number of amides is 1. The van der Waals surface area contributed by atoms with Crippen molar-refractivity contribution in [1.29, 1.82) is 0 Å². The van der Waals surface area contributed by atoms with Crippen LogP contribution in [0.5, 0.6) is 0 Å². The molecule has 2 aliphatic rings. The second-order valence-electron chi connectivity index (χ2n) is 8.38. The third-order valence-corrected chi connectivity index (χ3v) is 6.27. The molecule has 5 rings (SSSR count). The maximum absolute atomic E-state index is 13.1. The summed E-state index contributed by atoms with van der Waals surface area (Å²) in [5.74, 6) is 2.77. The van der Waals surface area contributed by atoms with Crippen molar-refractivity contribution >= 4 is 16.7 Å². The molecule has 0 N–H and O–H groups in total. The van der Waals surface area contributed by atoms with Gasteiger partial charge in [0.25, 0.3) is 5.91 Å². The van der Waals surface area contributed by atoms with Crippen molar-refractivity contribution in [3.8, 4) is 0 Å². The third kappa shape index (κ3) is 3.11. The highest BCUT2D eigenvalue weighted by atomic mass is 16.3. The van der Waals surface area contributed by atoms with E-state index >= 15 is 0 Å². The van der Waals surface area contributed by atoms with Gasteiger partial charge in [-0.05, 0) is 62.6 Å². The number of likely N-dealkylation sites (tertiary alicyclic amines) is 1. The molecule has 0 unspecified atom stereocenters. The van der Waals surface area contributed by atoms with E-state index in [2.05, 4.69) is 31.2 Å². The van der Waals surface area contributed by atoms with Crippen LogP contribution in [0.3, 0.4) is 0 Å². The predicted molar refractivity (Wildman–Crippen MR) is 110 cm³/mol. The van der Waals surface area contributed by atoms with Gasteiger partial charge in [-0.15, -0.1) is 0 Å². The standard InChI is InChI=1S/C24H26N2O2/c1-15-4-3-5-19-14-25-22(13-20(15)19)17-8-10-26(11-9-17)24(27)21-12-16(2)28-23(21)18-6-7-18/h3-5,12-14,17-18H,6-11H2,1-2H3. The Morgan fingerprint density at radius 3 is 2.61 bits per heavy atom. The molecule has 0 radical (unpaired) electrons. The molecule has 3 heterocycles. The molecule has 2 aromatic heterocycles. The zero-order valence-corrected chi connectivity index (χ0v) is 16.6. The number of hydrogen-bond donors (Lipinski definition) is 0. The van der Waals surface area contributed by atoms with Gasteiger partial charge in [-0.3, -0.25) is 9.78 Å². The highest BCUT2D eigenvalue weighted by molar-refractivity contribution is 5.95. The molecule has 1 aliphatic heterocycles. The van der Waals surface area contributed by atoms with E-state index in [0.29, 0.717) is 11.8 Å². The number of pyridine rings is 1. The number of furan rings is 1. The molecule has 144 valence electrons. The molecule has 28 heavy (non-hydrogen) atoms. The fourth-order valence-corrected chi connectivity index (χ4v) is 4.46. The van der Waals surface area contributed by atoms with Crippen molar-refractivity contribution in [2.45, 2.75) is 51.4 Å². The van der Waals surface area contributed by atoms with Crippen molar-refractivity contribution < 1.29 is 9.21 Å². The third-order valence-electron chi connectivity index (χ3n) is 6.27. The Morgan fingerprint density at radius 2 is 1.86 bits per heavy atom. The average molecular weight is 374 g/mol. The molecule has 0 spiro atoms. The molecular weight excluding hydrogens is 348 g/mol. The minimum absolute atomic E-state index is 0.138. The summed E-state index contributed by atoms with van der Waals surface area (Å²) < 4.78 is 5.84. The van der Waals surface area contributed by atoms with Gasteiger partial charge >= 0.3 is 0 Å². The first-order chi connectivity index (χ1) is 13.6. The minimum Gasteiger partial charge on any atom is -0.465 e. The van der Waals surface area contributed by atoms with Gasteiger partial charge in [-0.25, -0.2) is 0 Å². The Labute approximate surface area is 165 Å². The number of hydrogen-bond acceptors (Lipinski definition) is 3. The number of nitrogens with zero attached hydrogens (tertiary/aromatic N) is 2. The van der Waals surface area contributed by atoms with Gasteiger partial charge in [-0.1, -0.05) is 18.2 Å². The lowest BCUT2D eigenvalue weighted by Crippen LogP contribution is -2.38. The van der Waals surface area contributed by atoms with Gasteiger partial charge in [0.05, 0.1) is 5.56 Å². The molecule has 1 saturated carbocycles. The largest absolute Gasteiger partial charge is 0.465 e. The van der Waals surface area contributed by atoms with E-state index in [0.717, 1.165) is 61.6 Å². The summed E-state index contributed by atoms with van der Waals surface area (Å²) in [4.78, 5) is 19.8. The van der Waals surface area contributed by atoms with Gasteiger partial charge in [0.15, 0.2) is 0 Å². The fourth-order valence-electron chi connectivity index (χ4n) is 4.46. The average Bonchev–Trinajstić information content (AvgIpc) is 3.49. The number of aryl methyl sites for hydroxylation is 2. The van der Waals surface area contributed by atoms with Crippen LogP contribution in [0.4, 0.5) is 0 Å². The second-order valence-corrected chi connectivity index (χ2v) is 8.38. The molecule has 0 atom stereocenters. The van der Waals surface area contributed by atoms with E-state index in [1.54, 1.807) is 0 Å². The predicted octanol–water partition coefficient (Wildman–Crippen LogP) is 5.34. The summed E-state index contributed by atoms with van der Waals surface area (Å²) in [6, 6.07) is 10.5. The van der Waals surface area contributed by atoms with Crippen molar-refractivity contribution in [2.75, 3.05) is 13.1 Å². The summed E-state index contributed by atoms with van der Waals surface area (Å²) in [5.41, 5.74) is 3.24. The monoisotopic (exact) mass is 374 g/mol. The highest BCUT2D eigenvalue weighted by Gasteiger charge is 2.34. The quantitative estimate of drug-likeness (QED) is 0.621. The SMILES string of the molecule is Cc1cc(C(=O)N2CCC(c3cc4c(C)cccc4cn3)CC2)c(C2CC2)o1. The second kappa shape index (κ2) is 6.77. The first-order valence-corrected chi connectivity index (χ1v) is 10.3. The summed E-state index contributed by atoms with van der Waals surface area (Å²) in [7, 11) is 0. The summed E-state index contributed by atoms with van der Waals surface area (Å²) >= 11 is 0. The van der Waals surface area contributed by atoms with Crippen LogP contribution in [-0.4, -0.2) is 28.9 Å². The van der Waals surface area contributed by atoms with Crippen molar-refractivity contribution in [3.05, 3.63) is 64.9 Å². The number of carbonyl (C=O) groups excluding carboxylic acids is 1. The van der Waals surface area contributed by atoms with Crippen LogP contribution in [0.2, 0.25) is 0 Å². The van der Waals surface area contributed by atoms with Crippen molar-refractivity contribution in [3.63, 3.8) is 0 Å². The van der Waals surface area contributed by atoms with E-state index < -0.39 is 0 Å². The lowest BCUT2D eigenvalue weighted by atomic mass is 9.91. The normalized spacial score (nSPS) is 18.0. The van der Waals surface area contributed by atoms with Crippen molar-refractivity contribution in [1.82, 2.24) is 9.88 Å². The summed E-state index contributed by atoms with van der Waals surface area (Å²) in [6.07, 6.45) is 6.20. The number of aromatic nitrogens is 1. The fraction of sp³-hybridized carbons (Fsp3) is 0.417. The highest BCUT2D eigenvalue weighted by Crippen LogP contribution is 2.43. The number of carbonyl (C=O) groups is 1. The van der Waals surface area contributed by atoms with Crippen molar-refractivity contribution in [2.24, 2.45) is 0 Å². The van der Waals surface area contributed by atoms with Crippen LogP contribution in [0.15, 0.2) is 40.9 Å². The van der Waals surface area contributed by atoms with Crippen LogP contribution in [-0.2, 0) is 0 Å². The molecular formula is C24H26N2O2. The summed E-state index contributed by atoms with van der Waals surface area (Å²) in [6.45, 7) is 5.65. The Hall–Kier alpha value is -2.62. The maximum Gasteiger partial charge on any atom is 0.257 e. The van der Waals surface area contributed by atoms with Crippen LogP contribution in [0.1, 0.15) is 70.7 Å². The molecule has 2 fully saturated rings. The van der Waals surface area contributed by atoms with E-state index in [1.165, 1.54) is 16.3 Å². The molecule has 4 heteroatoms. The lowest BCUT2D eigenvalue weighted by Gasteiger charge is -2.32. The molecule has 1 aromatic carbocycles. The van der Waals surface area contributed by atoms with Gasteiger partial charge in [0, 0.05) is 42.2 Å². The smallest absolute Gasteiger partial charge is 0.257 e. The lowest BCUT2D eigenvalue weighted by molar-refractivity contribution is 0.0709. The number of benzene rings is 1. The van der Waals surface area contributed by atoms with Gasteiger partial charge in [0.1, 0.15) is 11.5 Å². The Bertz CT molecular complexity index is 1040. The number of fused-ring (bicyclic) bond motifs is 1. The Morgan fingerprint density at radius 1 is 1.07 bits per heavy atom. The van der Waals surface area contributed by atoms with Crippen LogP contribution < -0.4 is 0 Å². The number of rotatable bonds is 3. The van der Waals surface area contributed by atoms with Gasteiger partial charge in [0.2, 0.25) is 0 Å². The first kappa shape index (κ1) is 17.5. The minimum atomic E-state index is 0.138. The van der Waals surface area contributed by atoms with E-state index in [1.807, 2.05) is 24.1 Å². The van der Waals surface area contributed by atoms with Crippen LogP contribution in [0.25, 0.3) is 10.8 Å². The first-order valence-electron chi connectivity index (χ1n) is 10.3. The molecule has 3 aromatic rings. The van der Waals surface area contributed by atoms with Gasteiger partial charge < -0.3 is 9.32 Å². The number of piperidine rings is 1. The topological polar surface area (TPSA) is 46.3 Å². The van der Waals surface area contributed by atoms with E-state index in [-0.39, 0.29) is 5.91 Å². The van der Waals surface area contributed by atoms with Crippen LogP contribution >= 0.6 is 0 Å². The zero-order chi connectivity index (χ0) is 19.3. The van der Waals surface area contributed by atoms with E-state index in [9.17, 15) is 4.79 Å². The molecule has 1 amide bonds. The molecule has 4 nitrogen and oxygen atoms in total.